The fourth-order valence-electron chi connectivity index (χ4n) is 2.54. The summed E-state index contributed by atoms with van der Waals surface area (Å²) in [5.41, 5.74) is 5.70. The maximum absolute atomic E-state index is 2.31. The molecule has 3 rings (SSSR count). The normalized spacial score (nSPS) is 13.2. The van der Waals surface area contributed by atoms with Crippen molar-refractivity contribution in [2.24, 2.45) is 0 Å². The zero-order valence-electron chi connectivity index (χ0n) is 9.67. The van der Waals surface area contributed by atoms with E-state index in [1.54, 1.807) is 0 Å². The van der Waals surface area contributed by atoms with Gasteiger partial charge in [-0.3, -0.25) is 0 Å². The highest BCUT2D eigenvalue weighted by atomic mass is 16.0. The Bertz CT molecular complexity index is 579. The van der Waals surface area contributed by atoms with E-state index < -0.39 is 0 Å². The summed E-state index contributed by atoms with van der Waals surface area (Å²) in [5.74, 6) is 0. The maximum Gasteiger partial charge on any atom is -0.00602 e. The van der Waals surface area contributed by atoms with Crippen LogP contribution >= 0.6 is 0 Å². The van der Waals surface area contributed by atoms with Crippen LogP contribution in [0.25, 0.3) is 16.8 Å². The Kier molecular flexibility index (Phi) is 2.56. The molecule has 1 aliphatic rings. The van der Waals surface area contributed by atoms with Crippen molar-refractivity contribution in [3.8, 4) is 0 Å². The summed E-state index contributed by atoms with van der Waals surface area (Å²) in [4.78, 5) is 0. The molecule has 0 aromatic heterocycles. The van der Waals surface area contributed by atoms with E-state index in [0.717, 1.165) is 6.42 Å². The molecule has 0 atom stereocenters. The van der Waals surface area contributed by atoms with E-state index in [9.17, 15) is 0 Å². The molecule has 2 aromatic rings. The standard InChI is InChI=1S/C15H14.H2O/c1-10-8-12-4-3-5-14-11(2)6-7-13(9-10)15(12)14;/h3-7,9H,8H2,1-2H3;1H2. The van der Waals surface area contributed by atoms with Gasteiger partial charge in [-0.1, -0.05) is 42.0 Å². The molecule has 0 spiro atoms. The molecule has 2 aromatic carbocycles. The number of rotatable bonds is 0. The number of aryl methyl sites for hydroxylation is 1. The zero-order chi connectivity index (χ0) is 10.4. The Morgan fingerprint density at radius 3 is 2.62 bits per heavy atom. The van der Waals surface area contributed by atoms with Gasteiger partial charge >= 0.3 is 0 Å². The minimum atomic E-state index is 0. The van der Waals surface area contributed by atoms with Gasteiger partial charge in [0.1, 0.15) is 0 Å². The highest BCUT2D eigenvalue weighted by Crippen LogP contribution is 2.32. The first-order valence-electron chi connectivity index (χ1n) is 5.44. The van der Waals surface area contributed by atoms with Gasteiger partial charge in [0, 0.05) is 0 Å². The second-order valence-electron chi connectivity index (χ2n) is 4.48. The van der Waals surface area contributed by atoms with Crippen LogP contribution in [0.15, 0.2) is 35.9 Å². The van der Waals surface area contributed by atoms with E-state index in [1.165, 1.54) is 33.0 Å². The summed E-state index contributed by atoms with van der Waals surface area (Å²) >= 11 is 0. The lowest BCUT2D eigenvalue weighted by Gasteiger charge is -2.16. The number of benzene rings is 2. The third-order valence-corrected chi connectivity index (χ3v) is 3.25. The van der Waals surface area contributed by atoms with E-state index in [4.69, 9.17) is 0 Å². The van der Waals surface area contributed by atoms with Gasteiger partial charge in [-0.15, -0.1) is 0 Å². The van der Waals surface area contributed by atoms with Gasteiger partial charge in [-0.2, -0.15) is 0 Å². The Morgan fingerprint density at radius 1 is 1.00 bits per heavy atom. The zero-order valence-corrected chi connectivity index (χ0v) is 9.67. The molecule has 0 saturated heterocycles. The molecule has 16 heavy (non-hydrogen) atoms. The molecule has 82 valence electrons. The molecule has 0 radical (unpaired) electrons. The van der Waals surface area contributed by atoms with Gasteiger partial charge < -0.3 is 5.48 Å². The monoisotopic (exact) mass is 212 g/mol. The SMILES string of the molecule is CC1=Cc2ccc(C)c3cccc(c23)C1.O. The Balaban J connectivity index is 0.000000963. The van der Waals surface area contributed by atoms with Crippen LogP contribution < -0.4 is 0 Å². The third kappa shape index (κ3) is 1.44. The molecule has 1 heteroatoms. The smallest absolute Gasteiger partial charge is 0.00602 e. The molecule has 0 saturated carbocycles. The molecule has 2 N–H and O–H groups in total. The first kappa shape index (κ1) is 10.9. The molecule has 0 bridgehead atoms. The van der Waals surface area contributed by atoms with Crippen LogP contribution in [0.5, 0.6) is 0 Å². The van der Waals surface area contributed by atoms with Crippen LogP contribution in [0.3, 0.4) is 0 Å². The average Bonchev–Trinajstić information content (AvgIpc) is 2.23. The first-order valence-corrected chi connectivity index (χ1v) is 5.44. The van der Waals surface area contributed by atoms with Crippen molar-refractivity contribution >= 4 is 16.8 Å². The lowest BCUT2D eigenvalue weighted by Crippen LogP contribution is -1.97. The average molecular weight is 212 g/mol. The van der Waals surface area contributed by atoms with Crippen molar-refractivity contribution in [3.63, 3.8) is 0 Å². The minimum Gasteiger partial charge on any atom is -0.412 e. The number of allylic oxidation sites excluding steroid dienone is 1. The Morgan fingerprint density at radius 2 is 1.81 bits per heavy atom. The fourth-order valence-corrected chi connectivity index (χ4v) is 2.54. The molecule has 1 aliphatic carbocycles. The molecular formula is C15H16O. The summed E-state index contributed by atoms with van der Waals surface area (Å²) in [6.45, 7) is 4.40. The molecule has 0 fully saturated rings. The van der Waals surface area contributed by atoms with Gasteiger partial charge in [-0.05, 0) is 47.7 Å². The number of hydrogen-bond acceptors (Lipinski definition) is 0. The Labute approximate surface area is 95.7 Å². The molecule has 0 heterocycles. The van der Waals surface area contributed by atoms with Crippen molar-refractivity contribution in [1.82, 2.24) is 0 Å². The maximum atomic E-state index is 2.31. The first-order chi connectivity index (χ1) is 7.25. The highest BCUT2D eigenvalue weighted by Gasteiger charge is 2.11. The lowest BCUT2D eigenvalue weighted by molar-refractivity contribution is 0.824. The van der Waals surface area contributed by atoms with Crippen LogP contribution in [-0.4, -0.2) is 5.48 Å². The third-order valence-electron chi connectivity index (χ3n) is 3.25. The molecule has 1 nitrogen and oxygen atoms in total. The van der Waals surface area contributed by atoms with Crippen LogP contribution in [0.2, 0.25) is 0 Å². The van der Waals surface area contributed by atoms with Crippen molar-refractivity contribution < 1.29 is 5.48 Å². The summed E-state index contributed by atoms with van der Waals surface area (Å²) < 4.78 is 0. The van der Waals surface area contributed by atoms with E-state index in [1.807, 2.05) is 0 Å². The van der Waals surface area contributed by atoms with Crippen molar-refractivity contribution in [3.05, 3.63) is 52.6 Å². The molecular weight excluding hydrogens is 196 g/mol. The topological polar surface area (TPSA) is 31.5 Å². The highest BCUT2D eigenvalue weighted by molar-refractivity contribution is 5.97. The fraction of sp³-hybridized carbons (Fsp3) is 0.200. The van der Waals surface area contributed by atoms with Crippen LogP contribution in [-0.2, 0) is 6.42 Å². The van der Waals surface area contributed by atoms with E-state index in [2.05, 4.69) is 50.3 Å². The summed E-state index contributed by atoms with van der Waals surface area (Å²) in [5, 5.41) is 2.87. The van der Waals surface area contributed by atoms with Gasteiger partial charge in [0.25, 0.3) is 0 Å². The molecule has 0 amide bonds. The molecule has 0 unspecified atom stereocenters. The summed E-state index contributed by atoms with van der Waals surface area (Å²) in [6, 6.07) is 11.1. The second kappa shape index (κ2) is 3.76. The van der Waals surface area contributed by atoms with Gasteiger partial charge in [-0.25, -0.2) is 0 Å². The van der Waals surface area contributed by atoms with Crippen molar-refractivity contribution in [2.45, 2.75) is 20.3 Å². The molecule has 0 aliphatic heterocycles. The van der Waals surface area contributed by atoms with Crippen LogP contribution in [0.1, 0.15) is 23.6 Å². The lowest BCUT2D eigenvalue weighted by atomic mass is 9.88. The van der Waals surface area contributed by atoms with Gasteiger partial charge in [0.2, 0.25) is 0 Å². The summed E-state index contributed by atoms with van der Waals surface area (Å²) in [7, 11) is 0. The quantitative estimate of drug-likeness (QED) is 0.642. The van der Waals surface area contributed by atoms with Crippen molar-refractivity contribution in [2.75, 3.05) is 0 Å². The predicted octanol–water partition coefficient (Wildman–Crippen LogP) is 3.28. The van der Waals surface area contributed by atoms with Gasteiger partial charge in [0.15, 0.2) is 0 Å². The largest absolute Gasteiger partial charge is 0.412 e. The van der Waals surface area contributed by atoms with E-state index in [-0.39, 0.29) is 5.48 Å². The Hall–Kier alpha value is -1.60. The van der Waals surface area contributed by atoms with Crippen LogP contribution in [0.4, 0.5) is 0 Å². The van der Waals surface area contributed by atoms with Crippen LogP contribution in [0, 0.1) is 6.92 Å². The summed E-state index contributed by atoms with van der Waals surface area (Å²) in [6.07, 6.45) is 3.42. The second-order valence-corrected chi connectivity index (χ2v) is 4.48. The van der Waals surface area contributed by atoms with E-state index in [0.29, 0.717) is 0 Å². The number of hydrogen-bond donors (Lipinski definition) is 0. The minimum absolute atomic E-state index is 0. The van der Waals surface area contributed by atoms with E-state index >= 15 is 0 Å². The van der Waals surface area contributed by atoms with Crippen molar-refractivity contribution in [1.29, 1.82) is 0 Å². The predicted molar refractivity (Wildman–Crippen MR) is 69.7 cm³/mol. The van der Waals surface area contributed by atoms with Gasteiger partial charge in [0.05, 0.1) is 0 Å².